The number of hydrogen-bond acceptors (Lipinski definition) is 6. The Morgan fingerprint density at radius 2 is 1.63 bits per heavy atom. The van der Waals surface area contributed by atoms with Gasteiger partial charge in [0.15, 0.2) is 0 Å². The highest BCUT2D eigenvalue weighted by molar-refractivity contribution is 6.28. The molecule has 0 saturated carbocycles. The van der Waals surface area contributed by atoms with Gasteiger partial charge in [-0.1, -0.05) is 0 Å². The predicted octanol–water partition coefficient (Wildman–Crippen LogP) is 2.52. The van der Waals surface area contributed by atoms with Crippen LogP contribution in [-0.4, -0.2) is 24.2 Å². The van der Waals surface area contributed by atoms with E-state index in [0.717, 1.165) is 0 Å². The number of nitrogens with two attached hydrogens (primary N) is 1. The summed E-state index contributed by atoms with van der Waals surface area (Å²) < 4.78 is 15.8. The molecule has 0 aliphatic rings. The van der Waals surface area contributed by atoms with E-state index in [1.54, 1.807) is 32.4 Å². The van der Waals surface area contributed by atoms with Gasteiger partial charge < -0.3 is 19.9 Å². The summed E-state index contributed by atoms with van der Waals surface area (Å²) in [5.74, 6) is 1.83. The van der Waals surface area contributed by atoms with Crippen LogP contribution in [0.3, 0.4) is 0 Å². The van der Waals surface area contributed by atoms with Gasteiger partial charge in [-0.3, -0.25) is 0 Å². The molecule has 0 aliphatic heterocycles. The number of benzene rings is 1. The third kappa shape index (κ3) is 3.17. The van der Waals surface area contributed by atoms with Crippen LogP contribution in [0.25, 0.3) is 0 Å². The fourth-order valence-electron chi connectivity index (χ4n) is 1.39. The van der Waals surface area contributed by atoms with Crippen LogP contribution in [0.1, 0.15) is 0 Å². The lowest BCUT2D eigenvalue weighted by Crippen LogP contribution is -1.97. The summed E-state index contributed by atoms with van der Waals surface area (Å²) >= 11 is 5.69. The van der Waals surface area contributed by atoms with E-state index in [4.69, 9.17) is 31.5 Å². The summed E-state index contributed by atoms with van der Waals surface area (Å²) in [7, 11) is 3.10. The van der Waals surface area contributed by atoms with E-state index in [9.17, 15) is 0 Å². The molecule has 0 amide bonds. The zero-order valence-electron chi connectivity index (χ0n) is 10.4. The molecule has 0 unspecified atom stereocenters. The van der Waals surface area contributed by atoms with Crippen molar-refractivity contribution in [3.05, 3.63) is 29.7 Å². The van der Waals surface area contributed by atoms with Gasteiger partial charge in [-0.05, 0) is 11.6 Å². The van der Waals surface area contributed by atoms with E-state index >= 15 is 0 Å². The molecule has 7 heteroatoms. The van der Waals surface area contributed by atoms with Gasteiger partial charge in [0.2, 0.25) is 11.2 Å². The second-order valence-corrected chi connectivity index (χ2v) is 3.89. The minimum absolute atomic E-state index is 0.0547. The lowest BCUT2D eigenvalue weighted by Gasteiger charge is -2.10. The van der Waals surface area contributed by atoms with Crippen LogP contribution in [0.5, 0.6) is 23.1 Å². The minimum atomic E-state index is 0.0547. The minimum Gasteiger partial charge on any atom is -0.496 e. The highest BCUT2D eigenvalue weighted by Crippen LogP contribution is 2.32. The third-order valence-electron chi connectivity index (χ3n) is 2.29. The van der Waals surface area contributed by atoms with Gasteiger partial charge in [0.1, 0.15) is 22.9 Å². The Bertz CT molecular complexity index is 570. The maximum Gasteiger partial charge on any atom is 0.247 e. The molecule has 0 radical (unpaired) electrons. The Balaban J connectivity index is 2.34. The summed E-state index contributed by atoms with van der Waals surface area (Å²) in [4.78, 5) is 7.65. The van der Waals surface area contributed by atoms with E-state index in [2.05, 4.69) is 9.97 Å². The molecule has 0 fully saturated rings. The summed E-state index contributed by atoms with van der Waals surface area (Å²) in [6.07, 6.45) is 1.38. The van der Waals surface area contributed by atoms with Crippen LogP contribution < -0.4 is 19.9 Å². The van der Waals surface area contributed by atoms with Crippen LogP contribution in [-0.2, 0) is 0 Å². The Morgan fingerprint density at radius 1 is 1.05 bits per heavy atom. The van der Waals surface area contributed by atoms with Crippen LogP contribution in [0.15, 0.2) is 24.4 Å². The van der Waals surface area contributed by atoms with E-state index in [1.807, 2.05) is 0 Å². The van der Waals surface area contributed by atoms with Crippen LogP contribution in [0.4, 0.5) is 5.69 Å². The molecule has 1 aromatic heterocycles. The van der Waals surface area contributed by atoms with Crippen molar-refractivity contribution in [3.63, 3.8) is 0 Å². The summed E-state index contributed by atoms with van der Waals surface area (Å²) in [6.45, 7) is 0. The van der Waals surface area contributed by atoms with Crippen molar-refractivity contribution < 1.29 is 14.2 Å². The molecule has 2 rings (SSSR count). The summed E-state index contributed by atoms with van der Waals surface area (Å²) in [5.41, 5.74) is 5.99. The molecular weight excluding hydrogens is 270 g/mol. The number of hydrogen-bond donors (Lipinski definition) is 1. The smallest absolute Gasteiger partial charge is 0.247 e. The number of methoxy groups -OCH3 is 2. The highest BCUT2D eigenvalue weighted by Gasteiger charge is 2.09. The van der Waals surface area contributed by atoms with Crippen LogP contribution >= 0.6 is 11.6 Å². The van der Waals surface area contributed by atoms with Crippen molar-refractivity contribution in [2.24, 2.45) is 0 Å². The number of anilines is 1. The zero-order chi connectivity index (χ0) is 13.8. The Hall–Kier alpha value is -2.21. The zero-order valence-corrected chi connectivity index (χ0v) is 11.1. The van der Waals surface area contributed by atoms with Crippen molar-refractivity contribution in [2.45, 2.75) is 0 Å². The van der Waals surface area contributed by atoms with Gasteiger partial charge in [-0.15, -0.1) is 0 Å². The first-order valence-corrected chi connectivity index (χ1v) is 5.69. The van der Waals surface area contributed by atoms with Gasteiger partial charge in [0.25, 0.3) is 0 Å². The van der Waals surface area contributed by atoms with E-state index in [1.165, 1.54) is 6.20 Å². The molecule has 2 N–H and O–H groups in total. The molecule has 2 aromatic rings. The number of nitrogens with zero attached hydrogens (tertiary/aromatic N) is 2. The van der Waals surface area contributed by atoms with Gasteiger partial charge in [-0.2, -0.15) is 4.98 Å². The first-order chi connectivity index (χ1) is 9.12. The van der Waals surface area contributed by atoms with Crippen molar-refractivity contribution in [1.82, 2.24) is 9.97 Å². The Kier molecular flexibility index (Phi) is 3.91. The van der Waals surface area contributed by atoms with Gasteiger partial charge in [0.05, 0.1) is 20.4 Å². The van der Waals surface area contributed by atoms with Crippen molar-refractivity contribution in [3.8, 4) is 23.1 Å². The lowest BCUT2D eigenvalue weighted by molar-refractivity contribution is 0.385. The first kappa shape index (κ1) is 13.2. The molecule has 0 saturated heterocycles. The van der Waals surface area contributed by atoms with Crippen LogP contribution in [0, 0.1) is 0 Å². The molecule has 1 aromatic carbocycles. The number of ether oxygens (including phenoxy) is 3. The Labute approximate surface area is 115 Å². The molecule has 19 heavy (non-hydrogen) atoms. The average Bonchev–Trinajstić information content (AvgIpc) is 2.42. The van der Waals surface area contributed by atoms with E-state index in [0.29, 0.717) is 17.2 Å². The molecule has 100 valence electrons. The summed E-state index contributed by atoms with van der Waals surface area (Å²) in [5, 5.41) is 0.0547. The maximum absolute atomic E-state index is 5.71. The topological polar surface area (TPSA) is 79.5 Å². The van der Waals surface area contributed by atoms with Gasteiger partial charge in [-0.25, -0.2) is 4.98 Å². The fraction of sp³-hybridized carbons (Fsp3) is 0.167. The summed E-state index contributed by atoms with van der Waals surface area (Å²) in [6, 6.07) is 5.08. The molecule has 1 heterocycles. The molecule has 0 aliphatic carbocycles. The molecule has 0 spiro atoms. The monoisotopic (exact) mass is 281 g/mol. The van der Waals surface area contributed by atoms with Gasteiger partial charge in [0, 0.05) is 18.2 Å². The first-order valence-electron chi connectivity index (χ1n) is 5.31. The number of aromatic nitrogens is 2. The number of rotatable bonds is 4. The molecule has 6 nitrogen and oxygen atoms in total. The molecular formula is C12H12ClN3O3. The van der Waals surface area contributed by atoms with E-state index in [-0.39, 0.29) is 16.9 Å². The standard InChI is InChI=1S/C12H12ClN3O3/c1-17-7-3-8(18-2)5-9(4-7)19-11-10(14)6-15-12(13)16-11/h3-6H,14H2,1-2H3. The largest absolute Gasteiger partial charge is 0.496 e. The second-order valence-electron chi connectivity index (χ2n) is 3.55. The van der Waals surface area contributed by atoms with Crippen molar-refractivity contribution in [2.75, 3.05) is 20.0 Å². The average molecular weight is 282 g/mol. The maximum atomic E-state index is 5.71. The number of nitrogen functional groups attached to an aromatic ring is 1. The van der Waals surface area contributed by atoms with E-state index < -0.39 is 0 Å². The quantitative estimate of drug-likeness (QED) is 0.868. The normalized spacial score (nSPS) is 10.1. The van der Waals surface area contributed by atoms with Gasteiger partial charge >= 0.3 is 0 Å². The van der Waals surface area contributed by atoms with Crippen molar-refractivity contribution in [1.29, 1.82) is 0 Å². The molecule has 0 atom stereocenters. The second kappa shape index (κ2) is 5.62. The van der Waals surface area contributed by atoms with Crippen molar-refractivity contribution >= 4 is 17.3 Å². The highest BCUT2D eigenvalue weighted by atomic mass is 35.5. The lowest BCUT2D eigenvalue weighted by atomic mass is 10.3. The molecule has 0 bridgehead atoms. The Morgan fingerprint density at radius 3 is 2.21 bits per heavy atom. The predicted molar refractivity (Wildman–Crippen MR) is 71.1 cm³/mol. The SMILES string of the molecule is COc1cc(OC)cc(Oc2nc(Cl)ncc2N)c1. The fourth-order valence-corrected chi connectivity index (χ4v) is 1.51. The number of halogens is 1. The van der Waals surface area contributed by atoms with Crippen LogP contribution in [0.2, 0.25) is 5.28 Å². The third-order valence-corrected chi connectivity index (χ3v) is 2.47.